The lowest BCUT2D eigenvalue weighted by molar-refractivity contribution is -0.222. The van der Waals surface area contributed by atoms with Gasteiger partial charge in [-0.25, -0.2) is 0 Å². The van der Waals surface area contributed by atoms with Crippen molar-refractivity contribution in [3.05, 3.63) is 0 Å². The fourth-order valence-corrected chi connectivity index (χ4v) is 1.65. The Kier molecular flexibility index (Phi) is 3.97. The third-order valence-electron chi connectivity index (χ3n) is 2.45. The van der Waals surface area contributed by atoms with Gasteiger partial charge in [0.05, 0.1) is 19.1 Å². The molecule has 5 nitrogen and oxygen atoms in total. The van der Waals surface area contributed by atoms with Crippen molar-refractivity contribution in [1.29, 1.82) is 0 Å². The van der Waals surface area contributed by atoms with E-state index in [1.807, 2.05) is 0 Å². The Morgan fingerprint density at radius 1 is 1.47 bits per heavy atom. The second-order valence-electron chi connectivity index (χ2n) is 3.78. The summed E-state index contributed by atoms with van der Waals surface area (Å²) in [6.45, 7) is -0.0608. The van der Waals surface area contributed by atoms with Crippen LogP contribution in [0.1, 0.15) is 13.3 Å². The van der Waals surface area contributed by atoms with Gasteiger partial charge in [0.15, 0.2) is 6.04 Å². The Morgan fingerprint density at radius 2 is 2.06 bits per heavy atom. The van der Waals surface area contributed by atoms with Crippen LogP contribution in [0.4, 0.5) is 13.2 Å². The molecule has 2 unspecified atom stereocenters. The summed E-state index contributed by atoms with van der Waals surface area (Å²) in [5.74, 6) is -1.92. The molecule has 1 fully saturated rings. The fourth-order valence-electron chi connectivity index (χ4n) is 1.65. The average Bonchev–Trinajstić information content (AvgIpc) is 2.14. The van der Waals surface area contributed by atoms with Gasteiger partial charge in [-0.3, -0.25) is 9.59 Å². The van der Waals surface area contributed by atoms with Crippen molar-refractivity contribution in [3.63, 3.8) is 0 Å². The molecule has 17 heavy (non-hydrogen) atoms. The molecule has 1 saturated heterocycles. The van der Waals surface area contributed by atoms with E-state index < -0.39 is 43.2 Å². The van der Waals surface area contributed by atoms with Crippen molar-refractivity contribution in [2.75, 3.05) is 13.2 Å². The molecule has 98 valence electrons. The maximum atomic E-state index is 12.6. The Hall–Kier alpha value is -1.31. The molecule has 1 aliphatic rings. The molecule has 1 N–H and O–H groups in total. The van der Waals surface area contributed by atoms with Crippen LogP contribution in [0.2, 0.25) is 0 Å². The lowest BCUT2D eigenvalue weighted by atomic mass is 10.1. The zero-order chi connectivity index (χ0) is 13.2. The number of carbonyl (C=O) groups excluding carboxylic acids is 1. The van der Waals surface area contributed by atoms with E-state index in [2.05, 4.69) is 0 Å². The number of morpholine rings is 1. The van der Waals surface area contributed by atoms with Crippen LogP contribution in [-0.2, 0) is 14.3 Å². The summed E-state index contributed by atoms with van der Waals surface area (Å²) in [5, 5.41) is 8.51. The summed E-state index contributed by atoms with van der Waals surface area (Å²) >= 11 is 0. The van der Waals surface area contributed by atoms with Crippen LogP contribution >= 0.6 is 0 Å². The highest BCUT2D eigenvalue weighted by molar-refractivity contribution is 5.74. The van der Waals surface area contributed by atoms with Gasteiger partial charge in [0, 0.05) is 13.5 Å². The number of halogens is 3. The number of carboxylic acids is 1. The maximum Gasteiger partial charge on any atom is 0.411 e. The Bertz CT molecular complexity index is 318. The van der Waals surface area contributed by atoms with Crippen molar-refractivity contribution in [2.45, 2.75) is 31.7 Å². The van der Waals surface area contributed by atoms with E-state index in [0.717, 1.165) is 6.92 Å². The van der Waals surface area contributed by atoms with Gasteiger partial charge in [-0.2, -0.15) is 13.2 Å². The number of hydrogen-bond donors (Lipinski definition) is 1. The van der Waals surface area contributed by atoms with Crippen molar-refractivity contribution in [2.24, 2.45) is 0 Å². The van der Waals surface area contributed by atoms with E-state index in [1.165, 1.54) is 0 Å². The standard InChI is InChI=1S/C9H12F3NO4/c1-5(14)13-3-6(2-8(15)16)17-4-7(13)9(10,11)12/h6-7H,2-4H2,1H3,(H,15,16). The van der Waals surface area contributed by atoms with Gasteiger partial charge in [0.2, 0.25) is 5.91 Å². The first-order valence-electron chi connectivity index (χ1n) is 4.89. The highest BCUT2D eigenvalue weighted by Crippen LogP contribution is 2.29. The SMILES string of the molecule is CC(=O)N1CC(CC(=O)O)OCC1C(F)(F)F. The predicted octanol–water partition coefficient (Wildman–Crippen LogP) is 0.639. The molecule has 0 aliphatic carbocycles. The number of hydrogen-bond acceptors (Lipinski definition) is 3. The number of carboxylic acid groups (broad SMARTS) is 1. The molecule has 8 heteroatoms. The Balaban J connectivity index is 2.75. The highest BCUT2D eigenvalue weighted by atomic mass is 19.4. The van der Waals surface area contributed by atoms with Crippen LogP contribution in [0.3, 0.4) is 0 Å². The molecule has 0 aromatic carbocycles. The molecule has 0 saturated carbocycles. The molecule has 0 radical (unpaired) electrons. The number of alkyl halides is 3. The molecule has 0 spiro atoms. The van der Waals surface area contributed by atoms with E-state index in [0.29, 0.717) is 4.90 Å². The van der Waals surface area contributed by atoms with Crippen LogP contribution in [0.5, 0.6) is 0 Å². The van der Waals surface area contributed by atoms with Gasteiger partial charge in [-0.15, -0.1) is 0 Å². The monoisotopic (exact) mass is 255 g/mol. The first-order chi connectivity index (χ1) is 7.71. The Morgan fingerprint density at radius 3 is 2.47 bits per heavy atom. The normalized spacial score (nSPS) is 25.8. The molecule has 1 heterocycles. The summed E-state index contributed by atoms with van der Waals surface area (Å²) in [4.78, 5) is 22.1. The first kappa shape index (κ1) is 13.8. The van der Waals surface area contributed by atoms with Crippen LogP contribution in [-0.4, -0.2) is 53.4 Å². The largest absolute Gasteiger partial charge is 0.481 e. The number of aliphatic carboxylic acids is 1. The zero-order valence-corrected chi connectivity index (χ0v) is 9.03. The average molecular weight is 255 g/mol. The van der Waals surface area contributed by atoms with E-state index in [9.17, 15) is 22.8 Å². The second-order valence-corrected chi connectivity index (χ2v) is 3.78. The molecule has 1 aliphatic heterocycles. The molecule has 0 bridgehead atoms. The smallest absolute Gasteiger partial charge is 0.411 e. The molecule has 0 aromatic heterocycles. The highest BCUT2D eigenvalue weighted by Gasteiger charge is 2.48. The van der Waals surface area contributed by atoms with Crippen molar-refractivity contribution < 1.29 is 32.6 Å². The lowest BCUT2D eigenvalue weighted by Gasteiger charge is -2.39. The second kappa shape index (κ2) is 4.91. The first-order valence-corrected chi connectivity index (χ1v) is 4.89. The summed E-state index contributed by atoms with van der Waals surface area (Å²) in [5.41, 5.74) is 0. The van der Waals surface area contributed by atoms with Crippen molar-refractivity contribution >= 4 is 11.9 Å². The third-order valence-corrected chi connectivity index (χ3v) is 2.45. The van der Waals surface area contributed by atoms with Gasteiger partial charge in [0.1, 0.15) is 0 Å². The molecule has 0 aromatic rings. The minimum absolute atomic E-state index is 0.355. The van der Waals surface area contributed by atoms with E-state index in [4.69, 9.17) is 9.84 Å². The van der Waals surface area contributed by atoms with Gasteiger partial charge in [-0.1, -0.05) is 0 Å². The molecular formula is C9H12F3NO4. The van der Waals surface area contributed by atoms with Gasteiger partial charge in [-0.05, 0) is 0 Å². The number of rotatable bonds is 2. The summed E-state index contributed by atoms with van der Waals surface area (Å²) in [6, 6.07) is -2.00. The van der Waals surface area contributed by atoms with Crippen molar-refractivity contribution in [1.82, 2.24) is 4.90 Å². The van der Waals surface area contributed by atoms with E-state index in [-0.39, 0.29) is 6.54 Å². The number of carbonyl (C=O) groups is 2. The van der Waals surface area contributed by atoms with Crippen LogP contribution in [0.15, 0.2) is 0 Å². The number of ether oxygens (including phenoxy) is 1. The van der Waals surface area contributed by atoms with Gasteiger partial charge >= 0.3 is 12.1 Å². The predicted molar refractivity (Wildman–Crippen MR) is 49.2 cm³/mol. The number of amides is 1. The third kappa shape index (κ3) is 3.58. The lowest BCUT2D eigenvalue weighted by Crippen LogP contribution is -2.57. The number of nitrogens with zero attached hydrogens (tertiary/aromatic N) is 1. The minimum atomic E-state index is -4.57. The fraction of sp³-hybridized carbons (Fsp3) is 0.778. The summed E-state index contributed by atoms with van der Waals surface area (Å²) < 4.78 is 42.5. The molecule has 1 amide bonds. The minimum Gasteiger partial charge on any atom is -0.481 e. The van der Waals surface area contributed by atoms with Gasteiger partial charge in [0.25, 0.3) is 0 Å². The summed E-state index contributed by atoms with van der Waals surface area (Å²) in [7, 11) is 0. The molecule has 1 rings (SSSR count). The van der Waals surface area contributed by atoms with Crippen molar-refractivity contribution in [3.8, 4) is 0 Å². The quantitative estimate of drug-likeness (QED) is 0.786. The molecule has 2 atom stereocenters. The zero-order valence-electron chi connectivity index (χ0n) is 9.03. The van der Waals surface area contributed by atoms with Crippen LogP contribution < -0.4 is 0 Å². The van der Waals surface area contributed by atoms with E-state index >= 15 is 0 Å². The van der Waals surface area contributed by atoms with Crippen LogP contribution in [0, 0.1) is 0 Å². The summed E-state index contributed by atoms with van der Waals surface area (Å²) in [6.07, 6.45) is -5.89. The molecular weight excluding hydrogens is 243 g/mol. The maximum absolute atomic E-state index is 12.6. The Labute approximate surface area is 95.1 Å². The van der Waals surface area contributed by atoms with Crippen LogP contribution in [0.25, 0.3) is 0 Å². The topological polar surface area (TPSA) is 66.8 Å². The van der Waals surface area contributed by atoms with Gasteiger partial charge < -0.3 is 14.7 Å². The van der Waals surface area contributed by atoms with E-state index in [1.54, 1.807) is 0 Å².